The zero-order chi connectivity index (χ0) is 17.8. The molecule has 0 spiro atoms. The van der Waals surface area contributed by atoms with Crippen molar-refractivity contribution in [3.8, 4) is 0 Å². The van der Waals surface area contributed by atoms with Gasteiger partial charge in [0.15, 0.2) is 0 Å². The Bertz CT molecular complexity index is 550. The van der Waals surface area contributed by atoms with Crippen LogP contribution in [0.25, 0.3) is 0 Å². The van der Waals surface area contributed by atoms with Crippen molar-refractivity contribution in [2.75, 3.05) is 6.61 Å². The smallest absolute Gasteiger partial charge is 0.339 e. The largest absolute Gasteiger partial charge is 0.478 e. The summed E-state index contributed by atoms with van der Waals surface area (Å²) in [5.74, 6) is -1.47. The third-order valence-corrected chi connectivity index (χ3v) is 3.78. The molecule has 0 atom stereocenters. The lowest BCUT2D eigenvalue weighted by atomic mass is 10.1. The van der Waals surface area contributed by atoms with E-state index in [9.17, 15) is 14.4 Å². The van der Waals surface area contributed by atoms with Gasteiger partial charge in [0.1, 0.15) is 5.78 Å². The molecule has 24 heavy (non-hydrogen) atoms. The number of hydrogen-bond acceptors (Lipinski definition) is 4. The fourth-order valence-electron chi connectivity index (χ4n) is 2.45. The maximum absolute atomic E-state index is 11.9. The number of ether oxygens (including phenoxy) is 1. The van der Waals surface area contributed by atoms with Crippen LogP contribution in [-0.4, -0.2) is 29.4 Å². The summed E-state index contributed by atoms with van der Waals surface area (Å²) in [6.45, 7) is 1.92. The summed E-state index contributed by atoms with van der Waals surface area (Å²) in [5.41, 5.74) is 0.0588. The highest BCUT2D eigenvalue weighted by atomic mass is 16.5. The molecule has 0 aliphatic heterocycles. The van der Waals surface area contributed by atoms with Crippen molar-refractivity contribution in [3.05, 3.63) is 35.4 Å². The van der Waals surface area contributed by atoms with Crippen molar-refractivity contribution >= 4 is 17.7 Å². The first kappa shape index (κ1) is 19.9. The summed E-state index contributed by atoms with van der Waals surface area (Å²) in [6, 6.07) is 6.06. The van der Waals surface area contributed by atoms with Crippen molar-refractivity contribution in [1.29, 1.82) is 0 Å². The van der Waals surface area contributed by atoms with Crippen molar-refractivity contribution in [2.24, 2.45) is 0 Å². The van der Waals surface area contributed by atoms with Crippen LogP contribution in [0.1, 0.15) is 79.0 Å². The van der Waals surface area contributed by atoms with E-state index in [1.54, 1.807) is 19.1 Å². The van der Waals surface area contributed by atoms with E-state index in [0.29, 0.717) is 13.0 Å². The minimum Gasteiger partial charge on any atom is -0.478 e. The first-order valence-corrected chi connectivity index (χ1v) is 8.51. The van der Waals surface area contributed by atoms with Crippen LogP contribution in [0.2, 0.25) is 0 Å². The Labute approximate surface area is 143 Å². The maximum Gasteiger partial charge on any atom is 0.339 e. The summed E-state index contributed by atoms with van der Waals surface area (Å²) < 4.78 is 5.15. The van der Waals surface area contributed by atoms with E-state index in [1.165, 1.54) is 12.1 Å². The van der Waals surface area contributed by atoms with Gasteiger partial charge in [-0.05, 0) is 31.9 Å². The van der Waals surface area contributed by atoms with Crippen molar-refractivity contribution in [2.45, 2.75) is 58.3 Å². The van der Waals surface area contributed by atoms with Crippen molar-refractivity contribution in [1.82, 2.24) is 0 Å². The Hall–Kier alpha value is -2.17. The molecule has 0 fully saturated rings. The SMILES string of the molecule is CC(=O)CCCCCCCCCOC(=O)c1ccccc1C(=O)O. The number of carboxylic acid groups (broad SMARTS) is 1. The number of Topliss-reactive ketones (excluding diaryl/α,β-unsaturated/α-hetero) is 1. The van der Waals surface area contributed by atoms with Gasteiger partial charge >= 0.3 is 11.9 Å². The second-order valence-electron chi connectivity index (χ2n) is 5.91. The van der Waals surface area contributed by atoms with Gasteiger partial charge in [0, 0.05) is 6.42 Å². The zero-order valence-electron chi connectivity index (χ0n) is 14.3. The number of rotatable bonds is 12. The van der Waals surface area contributed by atoms with Gasteiger partial charge in [0.05, 0.1) is 17.7 Å². The molecule has 1 N–H and O–H groups in total. The predicted octanol–water partition coefficient (Wildman–Crippen LogP) is 4.25. The van der Waals surface area contributed by atoms with E-state index >= 15 is 0 Å². The van der Waals surface area contributed by atoms with Gasteiger partial charge < -0.3 is 14.6 Å². The van der Waals surface area contributed by atoms with E-state index in [-0.39, 0.29) is 16.9 Å². The molecule has 1 aromatic carbocycles. The van der Waals surface area contributed by atoms with Crippen molar-refractivity contribution in [3.63, 3.8) is 0 Å². The molecule has 0 amide bonds. The number of aromatic carboxylic acids is 1. The molecule has 0 heterocycles. The Balaban J connectivity index is 2.12. The van der Waals surface area contributed by atoms with Crippen LogP contribution in [0.3, 0.4) is 0 Å². The van der Waals surface area contributed by atoms with Crippen LogP contribution in [0.4, 0.5) is 0 Å². The summed E-state index contributed by atoms with van der Waals surface area (Å²) >= 11 is 0. The first-order valence-electron chi connectivity index (χ1n) is 8.51. The molecule has 1 aromatic rings. The normalized spacial score (nSPS) is 10.4. The third kappa shape index (κ3) is 7.90. The molecule has 1 rings (SSSR count). The molecule has 5 nitrogen and oxygen atoms in total. The Morgan fingerprint density at radius 2 is 1.42 bits per heavy atom. The number of carbonyl (C=O) groups excluding carboxylic acids is 2. The number of benzene rings is 1. The Kier molecular flexibility index (Phi) is 9.42. The van der Waals surface area contributed by atoms with Crippen LogP contribution in [0, 0.1) is 0 Å². The molecule has 5 heteroatoms. The number of unbranched alkanes of at least 4 members (excludes halogenated alkanes) is 6. The minimum absolute atomic E-state index is 0.0342. The fraction of sp³-hybridized carbons (Fsp3) is 0.526. The highest BCUT2D eigenvalue weighted by Crippen LogP contribution is 2.12. The van der Waals surface area contributed by atoms with E-state index in [1.807, 2.05) is 0 Å². The molecule has 0 saturated carbocycles. The maximum atomic E-state index is 11.9. The minimum atomic E-state index is -1.13. The van der Waals surface area contributed by atoms with E-state index < -0.39 is 11.9 Å². The molecule has 0 aliphatic rings. The lowest BCUT2D eigenvalue weighted by Gasteiger charge is -2.07. The quantitative estimate of drug-likeness (QED) is 0.456. The van der Waals surface area contributed by atoms with Crippen LogP contribution in [-0.2, 0) is 9.53 Å². The summed E-state index contributed by atoms with van der Waals surface area (Å²) in [4.78, 5) is 33.8. The van der Waals surface area contributed by atoms with Crippen molar-refractivity contribution < 1.29 is 24.2 Å². The van der Waals surface area contributed by atoms with Gasteiger partial charge in [-0.15, -0.1) is 0 Å². The monoisotopic (exact) mass is 334 g/mol. The highest BCUT2D eigenvalue weighted by Gasteiger charge is 2.16. The van der Waals surface area contributed by atoms with Gasteiger partial charge in [-0.25, -0.2) is 9.59 Å². The van der Waals surface area contributed by atoms with E-state index in [0.717, 1.165) is 44.9 Å². The summed E-state index contributed by atoms with van der Waals surface area (Å²) in [6.07, 6.45) is 7.79. The Morgan fingerprint density at radius 1 is 0.875 bits per heavy atom. The van der Waals surface area contributed by atoms with Gasteiger partial charge in [-0.1, -0.05) is 44.2 Å². The molecule has 0 aliphatic carbocycles. The standard InChI is InChI=1S/C19H26O5/c1-15(20)11-7-5-3-2-4-6-10-14-24-19(23)17-13-9-8-12-16(17)18(21)22/h8-9,12-13H,2-7,10-11,14H2,1H3,(H,21,22). The molecule has 0 unspecified atom stereocenters. The number of hydrogen-bond donors (Lipinski definition) is 1. The van der Waals surface area contributed by atoms with E-state index in [2.05, 4.69) is 0 Å². The summed E-state index contributed by atoms with van der Waals surface area (Å²) in [7, 11) is 0. The van der Waals surface area contributed by atoms with E-state index in [4.69, 9.17) is 9.84 Å². The van der Waals surface area contributed by atoms with Gasteiger partial charge in [-0.2, -0.15) is 0 Å². The summed E-state index contributed by atoms with van der Waals surface area (Å²) in [5, 5.41) is 9.05. The predicted molar refractivity (Wildman–Crippen MR) is 91.3 cm³/mol. The number of carbonyl (C=O) groups is 3. The molecule has 0 aromatic heterocycles. The zero-order valence-corrected chi connectivity index (χ0v) is 14.3. The lowest BCUT2D eigenvalue weighted by Crippen LogP contribution is -2.12. The molecule has 132 valence electrons. The third-order valence-electron chi connectivity index (χ3n) is 3.78. The topological polar surface area (TPSA) is 80.7 Å². The second kappa shape index (κ2) is 11.4. The number of esters is 1. The average molecular weight is 334 g/mol. The lowest BCUT2D eigenvalue weighted by molar-refractivity contribution is -0.117. The highest BCUT2D eigenvalue weighted by molar-refractivity contribution is 6.02. The molecule has 0 radical (unpaired) electrons. The average Bonchev–Trinajstić information content (AvgIpc) is 2.56. The van der Waals surface area contributed by atoms with Gasteiger partial charge in [-0.3, -0.25) is 0 Å². The molecule has 0 bridgehead atoms. The number of carboxylic acids is 1. The van der Waals surface area contributed by atoms with Gasteiger partial charge in [0.25, 0.3) is 0 Å². The Morgan fingerprint density at radius 3 is 2.00 bits per heavy atom. The molecular formula is C19H26O5. The first-order chi connectivity index (χ1) is 11.5. The molecule has 0 saturated heterocycles. The van der Waals surface area contributed by atoms with Gasteiger partial charge in [0.2, 0.25) is 0 Å². The van der Waals surface area contributed by atoms with Crippen LogP contribution in [0.5, 0.6) is 0 Å². The fourth-order valence-corrected chi connectivity index (χ4v) is 2.45. The van der Waals surface area contributed by atoms with Crippen LogP contribution < -0.4 is 0 Å². The molecular weight excluding hydrogens is 308 g/mol. The van der Waals surface area contributed by atoms with Crippen LogP contribution in [0.15, 0.2) is 24.3 Å². The van der Waals surface area contributed by atoms with Crippen LogP contribution >= 0.6 is 0 Å². The number of ketones is 1. The second-order valence-corrected chi connectivity index (χ2v) is 5.91.